The molecule has 0 aliphatic rings. The molecule has 8 heteroatoms. The van der Waals surface area contributed by atoms with Gasteiger partial charge < -0.3 is 5.32 Å². The molecule has 1 aromatic carbocycles. The molecule has 0 saturated heterocycles. The number of hydrogen-bond donors (Lipinski definition) is 1. The number of sulfone groups is 1. The molecule has 1 heterocycles. The number of carbonyl (C=O) groups excluding carboxylic acids is 1. The molecule has 0 atom stereocenters. The van der Waals surface area contributed by atoms with Crippen molar-refractivity contribution in [3.8, 4) is 0 Å². The number of nitrogens with one attached hydrogen (secondary N) is 1. The summed E-state index contributed by atoms with van der Waals surface area (Å²) in [6.07, 6.45) is 1.14. The first kappa shape index (κ1) is 15.9. The highest BCUT2D eigenvalue weighted by molar-refractivity contribution is 7.89. The van der Waals surface area contributed by atoms with E-state index in [1.807, 2.05) is 0 Å². The molecular formula is C13H13ClN2O3S2. The predicted molar refractivity (Wildman–Crippen MR) is 84.8 cm³/mol. The van der Waals surface area contributed by atoms with E-state index in [9.17, 15) is 13.2 Å². The number of nitrogens with zero attached hydrogens (tertiary/aromatic N) is 1. The van der Waals surface area contributed by atoms with Gasteiger partial charge in [-0.15, -0.1) is 0 Å². The Hall–Kier alpha value is -1.44. The summed E-state index contributed by atoms with van der Waals surface area (Å²) in [5, 5.41) is 4.76. The van der Waals surface area contributed by atoms with Crippen LogP contribution < -0.4 is 5.32 Å². The molecule has 1 N–H and O–H groups in total. The fourth-order valence-corrected chi connectivity index (χ4v) is 3.45. The molecule has 0 aliphatic carbocycles. The Morgan fingerprint density at radius 2 is 2.14 bits per heavy atom. The Morgan fingerprint density at radius 3 is 2.71 bits per heavy atom. The summed E-state index contributed by atoms with van der Waals surface area (Å²) in [5.74, 6) is -0.501. The molecule has 2 aromatic rings. The number of benzene rings is 1. The molecule has 0 radical (unpaired) electrons. The van der Waals surface area contributed by atoms with Gasteiger partial charge >= 0.3 is 0 Å². The van der Waals surface area contributed by atoms with Crippen molar-refractivity contribution < 1.29 is 13.2 Å². The summed E-state index contributed by atoms with van der Waals surface area (Å²) in [4.78, 5) is 12.2. The Balaban J connectivity index is 2.33. The molecule has 0 unspecified atom stereocenters. The van der Waals surface area contributed by atoms with Crippen LogP contribution in [-0.4, -0.2) is 25.0 Å². The molecule has 0 aliphatic heterocycles. The number of anilines is 1. The highest BCUT2D eigenvalue weighted by atomic mass is 35.5. The zero-order valence-electron chi connectivity index (χ0n) is 11.4. The molecule has 0 fully saturated rings. The van der Waals surface area contributed by atoms with Crippen molar-refractivity contribution >= 4 is 44.6 Å². The SMILES string of the molecule is Cc1nscc1C(=O)Nc1cc(Cl)ccc1CS(C)(=O)=O. The van der Waals surface area contributed by atoms with Crippen LogP contribution in [0.3, 0.4) is 0 Å². The van der Waals surface area contributed by atoms with Crippen molar-refractivity contribution in [2.75, 3.05) is 11.6 Å². The number of halogens is 1. The summed E-state index contributed by atoms with van der Waals surface area (Å²) in [6, 6.07) is 4.72. The van der Waals surface area contributed by atoms with Gasteiger partial charge in [-0.25, -0.2) is 8.42 Å². The first-order valence-electron chi connectivity index (χ1n) is 5.95. The summed E-state index contributed by atoms with van der Waals surface area (Å²) in [7, 11) is -3.21. The molecule has 0 spiro atoms. The van der Waals surface area contributed by atoms with Crippen LogP contribution in [0.15, 0.2) is 23.6 Å². The van der Waals surface area contributed by atoms with E-state index in [0.717, 1.165) is 6.26 Å². The molecule has 0 saturated carbocycles. The molecule has 5 nitrogen and oxygen atoms in total. The van der Waals surface area contributed by atoms with Crippen molar-refractivity contribution in [1.29, 1.82) is 0 Å². The summed E-state index contributed by atoms with van der Waals surface area (Å²) >= 11 is 7.11. The molecule has 112 valence electrons. The van der Waals surface area contributed by atoms with E-state index in [2.05, 4.69) is 9.69 Å². The largest absolute Gasteiger partial charge is 0.322 e. The minimum Gasteiger partial charge on any atom is -0.322 e. The lowest BCUT2D eigenvalue weighted by molar-refractivity contribution is 0.102. The number of rotatable bonds is 4. The minimum absolute atomic E-state index is 0.166. The Labute approximate surface area is 132 Å². The van der Waals surface area contributed by atoms with Gasteiger partial charge in [-0.2, -0.15) is 4.37 Å². The van der Waals surface area contributed by atoms with E-state index >= 15 is 0 Å². The van der Waals surface area contributed by atoms with Gasteiger partial charge in [0.1, 0.15) is 0 Å². The lowest BCUT2D eigenvalue weighted by atomic mass is 10.2. The van der Waals surface area contributed by atoms with E-state index in [-0.39, 0.29) is 11.7 Å². The quantitative estimate of drug-likeness (QED) is 0.925. The van der Waals surface area contributed by atoms with Crippen molar-refractivity contribution in [2.45, 2.75) is 12.7 Å². The van der Waals surface area contributed by atoms with Crippen molar-refractivity contribution in [3.63, 3.8) is 0 Å². The minimum atomic E-state index is -3.21. The maximum atomic E-state index is 12.2. The summed E-state index contributed by atoms with van der Waals surface area (Å²) in [5.41, 5.74) is 1.98. The van der Waals surface area contributed by atoms with Gasteiger partial charge in [0, 0.05) is 22.3 Å². The third kappa shape index (κ3) is 4.26. The van der Waals surface area contributed by atoms with Gasteiger partial charge in [0.25, 0.3) is 5.91 Å². The topological polar surface area (TPSA) is 76.1 Å². The molecule has 21 heavy (non-hydrogen) atoms. The van der Waals surface area contributed by atoms with Crippen LogP contribution in [0.4, 0.5) is 5.69 Å². The highest BCUT2D eigenvalue weighted by Crippen LogP contribution is 2.24. The summed E-state index contributed by atoms with van der Waals surface area (Å²) in [6.45, 7) is 1.74. The lowest BCUT2D eigenvalue weighted by Gasteiger charge is -2.11. The van der Waals surface area contributed by atoms with Crippen LogP contribution in [0, 0.1) is 6.92 Å². The average Bonchev–Trinajstić information content (AvgIpc) is 2.77. The zero-order valence-corrected chi connectivity index (χ0v) is 13.8. The van der Waals surface area contributed by atoms with Gasteiger partial charge in [-0.05, 0) is 36.2 Å². The van der Waals surface area contributed by atoms with E-state index < -0.39 is 9.84 Å². The summed E-state index contributed by atoms with van der Waals surface area (Å²) < 4.78 is 26.9. The predicted octanol–water partition coefficient (Wildman–Crippen LogP) is 2.90. The van der Waals surface area contributed by atoms with Crippen molar-refractivity contribution in [1.82, 2.24) is 4.37 Å². The number of aromatic nitrogens is 1. The van der Waals surface area contributed by atoms with Crippen molar-refractivity contribution in [3.05, 3.63) is 45.4 Å². The standard InChI is InChI=1S/C13H13ClN2O3S2/c1-8-11(6-20-16-8)13(17)15-12-5-10(14)4-3-9(12)7-21(2,18)19/h3-6H,7H2,1-2H3,(H,15,17). The second-order valence-electron chi connectivity index (χ2n) is 4.64. The molecule has 2 rings (SSSR count). The molecule has 1 amide bonds. The van der Waals surface area contributed by atoms with Gasteiger partial charge in [0.2, 0.25) is 0 Å². The normalized spacial score (nSPS) is 11.4. The fraction of sp³-hybridized carbons (Fsp3) is 0.231. The first-order valence-corrected chi connectivity index (χ1v) is 9.22. The van der Waals surface area contributed by atoms with Gasteiger partial charge in [-0.1, -0.05) is 17.7 Å². The van der Waals surface area contributed by atoms with Crippen LogP contribution in [0.1, 0.15) is 21.6 Å². The van der Waals surface area contributed by atoms with Gasteiger partial charge in [0.05, 0.1) is 17.0 Å². The lowest BCUT2D eigenvalue weighted by Crippen LogP contribution is -2.14. The molecule has 1 aromatic heterocycles. The van der Waals surface area contributed by atoms with Crippen LogP contribution in [0.2, 0.25) is 5.02 Å². The maximum Gasteiger partial charge on any atom is 0.258 e. The third-order valence-electron chi connectivity index (χ3n) is 2.73. The Kier molecular flexibility index (Phi) is 4.65. The average molecular weight is 345 g/mol. The fourth-order valence-electron chi connectivity index (χ4n) is 1.77. The monoisotopic (exact) mass is 344 g/mol. The van der Waals surface area contributed by atoms with Crippen LogP contribution in [0.25, 0.3) is 0 Å². The van der Waals surface area contributed by atoms with Gasteiger partial charge in [0.15, 0.2) is 9.84 Å². The molecule has 0 bridgehead atoms. The third-order valence-corrected chi connectivity index (χ3v) is 4.52. The number of hydrogen-bond acceptors (Lipinski definition) is 5. The number of carbonyl (C=O) groups is 1. The van der Waals surface area contributed by atoms with Crippen LogP contribution in [0.5, 0.6) is 0 Å². The zero-order chi connectivity index (χ0) is 15.6. The van der Waals surface area contributed by atoms with E-state index in [1.54, 1.807) is 24.4 Å². The van der Waals surface area contributed by atoms with E-state index in [1.165, 1.54) is 17.6 Å². The van der Waals surface area contributed by atoms with Crippen LogP contribution >= 0.6 is 23.1 Å². The van der Waals surface area contributed by atoms with E-state index in [4.69, 9.17) is 11.6 Å². The van der Waals surface area contributed by atoms with Crippen molar-refractivity contribution in [2.24, 2.45) is 0 Å². The van der Waals surface area contributed by atoms with Crippen LogP contribution in [-0.2, 0) is 15.6 Å². The first-order chi connectivity index (χ1) is 9.76. The van der Waals surface area contributed by atoms with E-state index in [0.29, 0.717) is 27.5 Å². The number of aryl methyl sites for hydroxylation is 1. The second kappa shape index (κ2) is 6.13. The number of amides is 1. The van der Waals surface area contributed by atoms with Gasteiger partial charge in [-0.3, -0.25) is 4.79 Å². The maximum absolute atomic E-state index is 12.2. The second-order valence-corrected chi connectivity index (χ2v) is 7.85. The highest BCUT2D eigenvalue weighted by Gasteiger charge is 2.15. The Bertz CT molecular complexity index is 784. The smallest absolute Gasteiger partial charge is 0.258 e. The molecular weight excluding hydrogens is 332 g/mol. The Morgan fingerprint density at radius 1 is 1.43 bits per heavy atom.